The zero-order valence-corrected chi connectivity index (χ0v) is 16.1. The Bertz CT molecular complexity index is 993. The second-order valence-electron chi connectivity index (χ2n) is 6.51. The summed E-state index contributed by atoms with van der Waals surface area (Å²) in [4.78, 5) is 25.3. The van der Waals surface area contributed by atoms with Gasteiger partial charge in [-0.25, -0.2) is 14.8 Å². The summed E-state index contributed by atoms with van der Waals surface area (Å²) in [5, 5.41) is 3.24. The van der Waals surface area contributed by atoms with E-state index in [0.29, 0.717) is 23.8 Å². The van der Waals surface area contributed by atoms with Crippen molar-refractivity contribution >= 4 is 34.5 Å². The Balaban J connectivity index is 1.64. The summed E-state index contributed by atoms with van der Waals surface area (Å²) >= 11 is 6.46. The number of imidazole rings is 1. The summed E-state index contributed by atoms with van der Waals surface area (Å²) in [6, 6.07) is 11.7. The van der Waals surface area contributed by atoms with Crippen molar-refractivity contribution in [2.75, 3.05) is 38.1 Å². The fourth-order valence-electron chi connectivity index (χ4n) is 3.42. The second-order valence-corrected chi connectivity index (χ2v) is 6.92. The molecule has 1 aliphatic heterocycles. The zero-order chi connectivity index (χ0) is 19.0. The molecule has 2 aromatic heterocycles. The van der Waals surface area contributed by atoms with Crippen molar-refractivity contribution < 1.29 is 4.79 Å². The van der Waals surface area contributed by atoms with Crippen LogP contribution < -0.4 is 10.2 Å². The summed E-state index contributed by atoms with van der Waals surface area (Å²) in [6.45, 7) is 2.77. The number of aryl methyl sites for hydroxylation is 1. The van der Waals surface area contributed by atoms with E-state index >= 15 is 0 Å². The molecule has 0 aliphatic carbocycles. The number of aromatic nitrogens is 3. The number of urea groups is 1. The lowest BCUT2D eigenvalue weighted by molar-refractivity contribution is 0.196. The van der Waals surface area contributed by atoms with Crippen LogP contribution in [0.5, 0.6) is 0 Å². The molecule has 0 radical (unpaired) electrons. The van der Waals surface area contributed by atoms with Crippen molar-refractivity contribution in [3.05, 3.63) is 41.4 Å². The smallest absolute Gasteiger partial charge is 0.317 e. The van der Waals surface area contributed by atoms with Gasteiger partial charge in [-0.1, -0.05) is 23.7 Å². The quantitative estimate of drug-likeness (QED) is 0.737. The van der Waals surface area contributed by atoms with E-state index in [0.717, 1.165) is 35.8 Å². The zero-order valence-electron chi connectivity index (χ0n) is 15.3. The molecule has 1 saturated heterocycles. The molecule has 1 N–H and O–H groups in total. The van der Waals surface area contributed by atoms with Gasteiger partial charge in [-0.05, 0) is 24.3 Å². The highest BCUT2D eigenvalue weighted by Gasteiger charge is 2.22. The van der Waals surface area contributed by atoms with Gasteiger partial charge in [-0.2, -0.15) is 0 Å². The maximum Gasteiger partial charge on any atom is 0.317 e. The maximum atomic E-state index is 11.8. The lowest BCUT2D eigenvalue weighted by atomic mass is 10.3. The normalized spacial score (nSPS) is 14.6. The van der Waals surface area contributed by atoms with Crippen LogP contribution in [0, 0.1) is 0 Å². The predicted octanol–water partition coefficient (Wildman–Crippen LogP) is 2.75. The van der Waals surface area contributed by atoms with Crippen molar-refractivity contribution in [3.8, 4) is 11.5 Å². The Labute approximate surface area is 162 Å². The molecule has 4 rings (SSSR count). The number of amides is 2. The average molecular weight is 385 g/mol. The molecule has 0 spiro atoms. The average Bonchev–Trinajstić information content (AvgIpc) is 3.04. The number of carbonyl (C=O) groups excluding carboxylic acids is 1. The van der Waals surface area contributed by atoms with E-state index in [1.54, 1.807) is 11.9 Å². The first-order chi connectivity index (χ1) is 13.1. The van der Waals surface area contributed by atoms with E-state index in [-0.39, 0.29) is 6.03 Å². The van der Waals surface area contributed by atoms with Crippen molar-refractivity contribution in [3.63, 3.8) is 0 Å². The Morgan fingerprint density at radius 2 is 1.81 bits per heavy atom. The van der Waals surface area contributed by atoms with Crippen LogP contribution in [0.15, 0.2) is 36.4 Å². The molecule has 0 unspecified atom stereocenters. The molecule has 3 aromatic rings. The molecular weight excluding hydrogens is 364 g/mol. The fraction of sp³-hybridized carbons (Fsp3) is 0.316. The van der Waals surface area contributed by atoms with E-state index in [4.69, 9.17) is 21.6 Å². The van der Waals surface area contributed by atoms with Crippen LogP contribution in [-0.4, -0.2) is 58.7 Å². The molecule has 3 heterocycles. The molecule has 8 heteroatoms. The maximum absolute atomic E-state index is 11.8. The topological polar surface area (TPSA) is 66.3 Å². The summed E-state index contributed by atoms with van der Waals surface area (Å²) in [6.07, 6.45) is 0. The number of rotatable bonds is 2. The van der Waals surface area contributed by atoms with E-state index < -0.39 is 0 Å². The summed E-state index contributed by atoms with van der Waals surface area (Å²) < 4.78 is 2.01. The first kappa shape index (κ1) is 17.6. The molecule has 0 bridgehead atoms. The molecule has 1 aromatic carbocycles. The number of hydrogen-bond acceptors (Lipinski definition) is 4. The third-order valence-electron chi connectivity index (χ3n) is 4.93. The highest BCUT2D eigenvalue weighted by Crippen LogP contribution is 2.30. The van der Waals surface area contributed by atoms with Crippen molar-refractivity contribution in [1.82, 2.24) is 24.8 Å². The van der Waals surface area contributed by atoms with Gasteiger partial charge in [0.15, 0.2) is 5.82 Å². The van der Waals surface area contributed by atoms with Gasteiger partial charge in [0.2, 0.25) is 0 Å². The number of nitrogens with zero attached hydrogens (tertiary/aromatic N) is 5. The van der Waals surface area contributed by atoms with Crippen LogP contribution >= 0.6 is 11.6 Å². The molecule has 7 nitrogen and oxygen atoms in total. The second kappa shape index (κ2) is 7.08. The monoisotopic (exact) mass is 384 g/mol. The third-order valence-corrected chi connectivity index (χ3v) is 5.24. The molecule has 2 amide bonds. The number of piperazine rings is 1. The van der Waals surface area contributed by atoms with E-state index in [9.17, 15) is 4.79 Å². The van der Waals surface area contributed by atoms with E-state index in [1.165, 1.54) is 0 Å². The number of halogens is 1. The highest BCUT2D eigenvalue weighted by atomic mass is 35.5. The van der Waals surface area contributed by atoms with Gasteiger partial charge in [-0.15, -0.1) is 0 Å². The third kappa shape index (κ3) is 3.19. The van der Waals surface area contributed by atoms with Gasteiger partial charge in [-0.3, -0.25) is 0 Å². The molecule has 27 heavy (non-hydrogen) atoms. The summed E-state index contributed by atoms with van der Waals surface area (Å²) in [5.41, 5.74) is 2.62. The van der Waals surface area contributed by atoms with Crippen molar-refractivity contribution in [2.24, 2.45) is 7.05 Å². The largest absolute Gasteiger partial charge is 0.353 e. The Morgan fingerprint density at radius 1 is 1.07 bits per heavy atom. The number of para-hydroxylation sites is 2. The SMILES string of the molecule is CNC(=O)N1CCN(c2ccc(Cl)c(-c3nc4ccccc4n3C)n2)CC1. The van der Waals surface area contributed by atoms with Gasteiger partial charge < -0.3 is 19.7 Å². The lowest BCUT2D eigenvalue weighted by Gasteiger charge is -2.35. The number of fused-ring (bicyclic) bond motifs is 1. The minimum absolute atomic E-state index is 0.0425. The van der Waals surface area contributed by atoms with Gasteiger partial charge in [0.25, 0.3) is 0 Å². The molecule has 0 saturated carbocycles. The number of nitrogens with one attached hydrogen (secondary N) is 1. The van der Waals surface area contributed by atoms with Gasteiger partial charge in [0.1, 0.15) is 11.5 Å². The summed E-state index contributed by atoms with van der Waals surface area (Å²) in [7, 11) is 3.62. The van der Waals surface area contributed by atoms with Crippen LogP contribution in [-0.2, 0) is 7.05 Å². The van der Waals surface area contributed by atoms with Crippen LogP contribution in [0.4, 0.5) is 10.6 Å². The van der Waals surface area contributed by atoms with Crippen molar-refractivity contribution in [1.29, 1.82) is 0 Å². The Hall–Kier alpha value is -2.80. The van der Waals surface area contributed by atoms with Gasteiger partial charge >= 0.3 is 6.03 Å². The highest BCUT2D eigenvalue weighted by molar-refractivity contribution is 6.33. The number of anilines is 1. The van der Waals surface area contributed by atoms with Gasteiger partial charge in [0, 0.05) is 40.3 Å². The molecule has 140 valence electrons. The number of carbonyl (C=O) groups is 1. The first-order valence-corrected chi connectivity index (χ1v) is 9.26. The standard InChI is InChI=1S/C19H21ClN6O/c1-21-19(27)26-11-9-25(10-12-26)16-8-7-13(20)17(23-16)18-22-14-5-3-4-6-15(14)24(18)2/h3-8H,9-12H2,1-2H3,(H,21,27). The van der Waals surface area contributed by atoms with Gasteiger partial charge in [0.05, 0.1) is 16.1 Å². The summed E-state index contributed by atoms with van der Waals surface area (Å²) in [5.74, 6) is 1.59. The molecule has 0 atom stereocenters. The van der Waals surface area contributed by atoms with Crippen LogP contribution in [0.1, 0.15) is 0 Å². The molecular formula is C19H21ClN6O. The first-order valence-electron chi connectivity index (χ1n) is 8.88. The minimum atomic E-state index is -0.0425. The number of hydrogen-bond donors (Lipinski definition) is 1. The molecule has 1 fully saturated rings. The van der Waals surface area contributed by atoms with Crippen LogP contribution in [0.25, 0.3) is 22.6 Å². The van der Waals surface area contributed by atoms with E-state index in [2.05, 4.69) is 10.2 Å². The van der Waals surface area contributed by atoms with Crippen molar-refractivity contribution in [2.45, 2.75) is 0 Å². The minimum Gasteiger partial charge on any atom is -0.353 e. The molecule has 1 aliphatic rings. The predicted molar refractivity (Wildman–Crippen MR) is 107 cm³/mol. The lowest BCUT2D eigenvalue weighted by Crippen LogP contribution is -2.51. The van der Waals surface area contributed by atoms with E-state index in [1.807, 2.05) is 48.0 Å². The van der Waals surface area contributed by atoms with Crippen LogP contribution in [0.2, 0.25) is 5.02 Å². The number of benzene rings is 1. The number of pyridine rings is 1. The fourth-order valence-corrected chi connectivity index (χ4v) is 3.61. The Morgan fingerprint density at radius 3 is 2.52 bits per heavy atom. The Kier molecular flexibility index (Phi) is 4.61. The van der Waals surface area contributed by atoms with Crippen LogP contribution in [0.3, 0.4) is 0 Å².